The first kappa shape index (κ1) is 11.8. The van der Waals surface area contributed by atoms with Gasteiger partial charge in [0.25, 0.3) is 0 Å². The van der Waals surface area contributed by atoms with Gasteiger partial charge in [-0.1, -0.05) is 6.92 Å². The zero-order valence-corrected chi connectivity index (χ0v) is 11.2. The summed E-state index contributed by atoms with van der Waals surface area (Å²) in [6, 6.07) is 0. The number of aliphatic hydroxyl groups excluding tert-OH is 1. The second kappa shape index (κ2) is 3.98. The van der Waals surface area contributed by atoms with Crippen molar-refractivity contribution < 1.29 is 5.11 Å². The van der Waals surface area contributed by atoms with E-state index < -0.39 is 0 Å². The van der Waals surface area contributed by atoms with E-state index in [-0.39, 0.29) is 11.5 Å². The van der Waals surface area contributed by atoms with Crippen molar-refractivity contribution in [1.82, 2.24) is 0 Å². The molecular formula is C17H23O. The van der Waals surface area contributed by atoms with Gasteiger partial charge in [-0.2, -0.15) is 0 Å². The number of rotatable bonds is 0. The Kier molecular flexibility index (Phi) is 2.60. The third-order valence-corrected chi connectivity index (χ3v) is 6.48. The van der Waals surface area contributed by atoms with Gasteiger partial charge in [0.2, 0.25) is 0 Å². The molecule has 0 amide bonds. The summed E-state index contributed by atoms with van der Waals surface area (Å²) in [6.07, 6.45) is 14.3. The van der Waals surface area contributed by atoms with Gasteiger partial charge in [0.1, 0.15) is 0 Å². The molecule has 1 nitrogen and oxygen atoms in total. The molecule has 4 aliphatic carbocycles. The van der Waals surface area contributed by atoms with E-state index in [1.165, 1.54) is 32.1 Å². The predicted octanol–water partition coefficient (Wildman–Crippen LogP) is 3.36. The van der Waals surface area contributed by atoms with E-state index in [4.69, 9.17) is 0 Å². The fourth-order valence-corrected chi connectivity index (χ4v) is 5.43. The second-order valence-corrected chi connectivity index (χ2v) is 7.06. The molecule has 4 fully saturated rings. The van der Waals surface area contributed by atoms with Crippen molar-refractivity contribution in [1.29, 1.82) is 0 Å². The Morgan fingerprint density at radius 3 is 2.94 bits per heavy atom. The van der Waals surface area contributed by atoms with Gasteiger partial charge in [-0.15, -0.1) is 0 Å². The molecule has 1 N–H and O–H groups in total. The van der Waals surface area contributed by atoms with Gasteiger partial charge in [0, 0.05) is 0 Å². The van der Waals surface area contributed by atoms with Gasteiger partial charge in [0.05, 0.1) is 6.10 Å². The van der Waals surface area contributed by atoms with E-state index in [0.717, 1.165) is 24.2 Å². The first-order chi connectivity index (χ1) is 8.70. The Morgan fingerprint density at radius 2 is 2.06 bits per heavy atom. The van der Waals surface area contributed by atoms with Crippen molar-refractivity contribution in [2.45, 2.75) is 51.6 Å². The Labute approximate surface area is 111 Å². The van der Waals surface area contributed by atoms with Gasteiger partial charge in [-0.05, 0) is 92.8 Å². The molecule has 0 spiro atoms. The summed E-state index contributed by atoms with van der Waals surface area (Å²) in [5.41, 5.74) is 0.227. The summed E-state index contributed by atoms with van der Waals surface area (Å²) in [5, 5.41) is 10.3. The normalized spacial score (nSPS) is 53.0. The van der Waals surface area contributed by atoms with Crippen LogP contribution in [0.4, 0.5) is 0 Å². The molecule has 0 aromatic heterocycles. The summed E-state index contributed by atoms with van der Waals surface area (Å²) in [6.45, 7) is 2.35. The summed E-state index contributed by atoms with van der Waals surface area (Å²) < 4.78 is 0. The maximum Gasteiger partial charge on any atom is 0.0596 e. The molecule has 0 aromatic rings. The molecule has 4 rings (SSSR count). The van der Waals surface area contributed by atoms with Crippen molar-refractivity contribution in [2.75, 3.05) is 0 Å². The molecule has 0 unspecified atom stereocenters. The smallest absolute Gasteiger partial charge is 0.0596 e. The molecular weight excluding hydrogens is 220 g/mol. The highest BCUT2D eigenvalue weighted by Crippen LogP contribution is 2.63. The third kappa shape index (κ3) is 1.43. The quantitative estimate of drug-likeness (QED) is 0.691. The fraction of sp³-hybridized carbons (Fsp3) is 0.706. The number of aliphatic hydroxyl groups is 1. The molecule has 1 heteroatoms. The van der Waals surface area contributed by atoms with Crippen molar-refractivity contribution >= 4 is 0 Å². The lowest BCUT2D eigenvalue weighted by Crippen LogP contribution is -2.46. The van der Waals surface area contributed by atoms with Crippen LogP contribution in [0.5, 0.6) is 0 Å². The summed E-state index contributed by atoms with van der Waals surface area (Å²) >= 11 is 0. The van der Waals surface area contributed by atoms with Gasteiger partial charge >= 0.3 is 0 Å². The Balaban J connectivity index is 1.62. The van der Waals surface area contributed by atoms with E-state index in [1.807, 2.05) is 0 Å². The Morgan fingerprint density at radius 1 is 1.17 bits per heavy atom. The topological polar surface area (TPSA) is 20.2 Å². The second-order valence-electron chi connectivity index (χ2n) is 7.06. The van der Waals surface area contributed by atoms with Gasteiger partial charge < -0.3 is 5.11 Å². The molecule has 0 aliphatic heterocycles. The van der Waals surface area contributed by atoms with Crippen LogP contribution in [0.1, 0.15) is 45.4 Å². The summed E-state index contributed by atoms with van der Waals surface area (Å²) in [4.78, 5) is 0. The average Bonchev–Trinajstić information content (AvgIpc) is 2.94. The molecule has 4 aliphatic rings. The minimum absolute atomic E-state index is 0.0375. The van der Waals surface area contributed by atoms with Crippen LogP contribution in [-0.2, 0) is 0 Å². The van der Waals surface area contributed by atoms with Crippen LogP contribution in [-0.4, -0.2) is 11.2 Å². The molecule has 5 atom stereocenters. The van der Waals surface area contributed by atoms with E-state index in [1.54, 1.807) is 11.8 Å². The largest absolute Gasteiger partial charge is 0.393 e. The lowest BCUT2D eigenvalue weighted by Gasteiger charge is -2.52. The van der Waals surface area contributed by atoms with Crippen molar-refractivity contribution in [3.63, 3.8) is 0 Å². The number of hydrogen-bond donors (Lipinski definition) is 1. The molecule has 0 saturated heterocycles. The van der Waals surface area contributed by atoms with E-state index in [9.17, 15) is 5.11 Å². The van der Waals surface area contributed by atoms with Gasteiger partial charge in [-0.3, -0.25) is 0 Å². The molecule has 18 heavy (non-hydrogen) atoms. The first-order valence-corrected chi connectivity index (χ1v) is 7.63. The van der Waals surface area contributed by atoms with E-state index in [2.05, 4.69) is 26.2 Å². The Hall–Kier alpha value is -0.0400. The van der Waals surface area contributed by atoms with Crippen molar-refractivity contribution in [3.05, 3.63) is 31.1 Å². The predicted molar refractivity (Wildman–Crippen MR) is 71.7 cm³/mol. The van der Waals surface area contributed by atoms with Crippen LogP contribution in [0.15, 0.2) is 0 Å². The average molecular weight is 243 g/mol. The minimum Gasteiger partial charge on any atom is -0.393 e. The van der Waals surface area contributed by atoms with Crippen LogP contribution in [0, 0.1) is 54.3 Å². The number of fused-ring (bicyclic) bond motifs is 5. The highest BCUT2D eigenvalue weighted by atomic mass is 16.3. The van der Waals surface area contributed by atoms with Crippen LogP contribution in [0.25, 0.3) is 0 Å². The third-order valence-electron chi connectivity index (χ3n) is 6.48. The maximum atomic E-state index is 10.3. The summed E-state index contributed by atoms with van der Waals surface area (Å²) in [5.74, 6) is 5.67. The van der Waals surface area contributed by atoms with Crippen LogP contribution < -0.4 is 0 Å². The van der Waals surface area contributed by atoms with Crippen molar-refractivity contribution in [3.8, 4) is 0 Å². The molecule has 97 valence electrons. The number of hydrogen-bond acceptors (Lipinski definition) is 1. The molecule has 5 radical (unpaired) electrons. The SMILES string of the molecule is C[C@]12CC[C@@H]3[C]4[CH][CH][CH][C]4CC[C@H]3[C@@H]1CC[C@@H]2O. The van der Waals surface area contributed by atoms with Crippen LogP contribution >= 0.6 is 0 Å². The zero-order chi connectivity index (χ0) is 12.3. The maximum absolute atomic E-state index is 10.3. The van der Waals surface area contributed by atoms with Crippen LogP contribution in [0.2, 0.25) is 0 Å². The zero-order valence-electron chi connectivity index (χ0n) is 11.2. The highest BCUT2D eigenvalue weighted by Gasteiger charge is 2.56. The van der Waals surface area contributed by atoms with E-state index >= 15 is 0 Å². The lowest BCUT2D eigenvalue weighted by atomic mass is 9.53. The standard InChI is InChI=1S/C17H23O/c1-17-10-9-13-12-4-2-3-11(12)5-6-14(13)15(17)7-8-16(17)18/h2-4,13-16,18H,5-10H2,1H3/t13-,14-,15+,16+,17+/m1/s1. The lowest BCUT2D eigenvalue weighted by molar-refractivity contribution is -0.0354. The van der Waals surface area contributed by atoms with E-state index in [0.29, 0.717) is 0 Å². The van der Waals surface area contributed by atoms with Gasteiger partial charge in [-0.25, -0.2) is 0 Å². The molecule has 0 heterocycles. The van der Waals surface area contributed by atoms with Crippen molar-refractivity contribution in [2.24, 2.45) is 23.2 Å². The molecule has 0 aromatic carbocycles. The highest BCUT2D eigenvalue weighted by molar-refractivity contribution is 5.47. The van der Waals surface area contributed by atoms with Crippen LogP contribution in [0.3, 0.4) is 0 Å². The first-order valence-electron chi connectivity index (χ1n) is 7.63. The van der Waals surface area contributed by atoms with Gasteiger partial charge in [0.15, 0.2) is 0 Å². The minimum atomic E-state index is -0.0375. The monoisotopic (exact) mass is 243 g/mol. The fourth-order valence-electron chi connectivity index (χ4n) is 5.43. The molecule has 4 saturated carbocycles. The molecule has 0 bridgehead atoms. The Bertz CT molecular complexity index is 339. The summed E-state index contributed by atoms with van der Waals surface area (Å²) in [7, 11) is 0.